The van der Waals surface area contributed by atoms with E-state index in [-0.39, 0.29) is 6.09 Å². The van der Waals surface area contributed by atoms with E-state index in [0.717, 1.165) is 22.2 Å². The van der Waals surface area contributed by atoms with E-state index in [9.17, 15) is 4.79 Å². The number of ether oxygens (including phenoxy) is 1. The molecule has 5 nitrogen and oxygen atoms in total. The number of aromatic nitrogens is 1. The summed E-state index contributed by atoms with van der Waals surface area (Å²) in [5.74, 6) is 0. The smallest absolute Gasteiger partial charge is 0.418 e. The zero-order chi connectivity index (χ0) is 17.9. The molecule has 0 aliphatic carbocycles. The zero-order valence-corrected chi connectivity index (χ0v) is 14.7. The summed E-state index contributed by atoms with van der Waals surface area (Å²) in [5, 5.41) is 1.02. The van der Waals surface area contributed by atoms with Gasteiger partial charge in [0.1, 0.15) is 5.60 Å². The van der Waals surface area contributed by atoms with Crippen molar-refractivity contribution in [3.63, 3.8) is 0 Å². The molecule has 0 amide bonds. The van der Waals surface area contributed by atoms with Gasteiger partial charge in [0, 0.05) is 23.8 Å². The molecule has 0 atom stereocenters. The standard InChI is InChI=1S/C20H23N3O2/c1-20(2,3)25-19(24)23-13-12-17-15(8-7-11-18(17)23)14-21-22-16-9-5-4-6-10-16/h4-13,21-22H,14H2,1-3H3. The third-order valence-corrected chi connectivity index (χ3v) is 3.70. The molecular weight excluding hydrogens is 314 g/mol. The Hall–Kier alpha value is -2.79. The van der Waals surface area contributed by atoms with Crippen molar-refractivity contribution >= 4 is 22.7 Å². The van der Waals surface area contributed by atoms with Gasteiger partial charge in [-0.1, -0.05) is 30.3 Å². The summed E-state index contributed by atoms with van der Waals surface area (Å²) in [6.45, 7) is 6.22. The number of rotatable bonds is 4. The maximum absolute atomic E-state index is 12.4. The third-order valence-electron chi connectivity index (χ3n) is 3.70. The Morgan fingerprint density at radius 1 is 1.04 bits per heavy atom. The maximum Gasteiger partial charge on any atom is 0.418 e. The Balaban J connectivity index is 1.75. The molecule has 130 valence electrons. The fourth-order valence-corrected chi connectivity index (χ4v) is 2.62. The van der Waals surface area contributed by atoms with Crippen LogP contribution >= 0.6 is 0 Å². The number of nitrogens with one attached hydrogen (secondary N) is 2. The Kier molecular flexibility index (Phi) is 4.76. The van der Waals surface area contributed by atoms with Crippen LogP contribution < -0.4 is 10.9 Å². The van der Waals surface area contributed by atoms with Gasteiger partial charge in [0.05, 0.1) is 5.52 Å². The number of hydrogen-bond acceptors (Lipinski definition) is 4. The van der Waals surface area contributed by atoms with E-state index >= 15 is 0 Å². The van der Waals surface area contributed by atoms with Gasteiger partial charge in [-0.25, -0.2) is 10.2 Å². The van der Waals surface area contributed by atoms with Crippen molar-refractivity contribution in [2.45, 2.75) is 32.9 Å². The van der Waals surface area contributed by atoms with Crippen molar-refractivity contribution in [2.75, 3.05) is 5.43 Å². The number of benzene rings is 2. The van der Waals surface area contributed by atoms with Crippen LogP contribution in [0.3, 0.4) is 0 Å². The minimum atomic E-state index is -0.521. The van der Waals surface area contributed by atoms with Crippen molar-refractivity contribution in [2.24, 2.45) is 0 Å². The topological polar surface area (TPSA) is 55.3 Å². The Bertz CT molecular complexity index is 864. The van der Waals surface area contributed by atoms with Gasteiger partial charge >= 0.3 is 6.09 Å². The van der Waals surface area contributed by atoms with Crippen molar-refractivity contribution < 1.29 is 9.53 Å². The quantitative estimate of drug-likeness (QED) is 0.686. The van der Waals surface area contributed by atoms with Crippen LogP contribution in [0.1, 0.15) is 26.3 Å². The van der Waals surface area contributed by atoms with Crippen molar-refractivity contribution in [3.8, 4) is 0 Å². The number of fused-ring (bicyclic) bond motifs is 1. The van der Waals surface area contributed by atoms with Crippen LogP contribution in [0.25, 0.3) is 10.9 Å². The van der Waals surface area contributed by atoms with Gasteiger partial charge in [0.15, 0.2) is 0 Å². The first-order valence-electron chi connectivity index (χ1n) is 8.30. The summed E-state index contributed by atoms with van der Waals surface area (Å²) in [7, 11) is 0. The van der Waals surface area contributed by atoms with Crippen LogP contribution in [-0.2, 0) is 11.3 Å². The van der Waals surface area contributed by atoms with Crippen LogP contribution in [0.15, 0.2) is 60.8 Å². The molecular formula is C20H23N3O2. The first kappa shape index (κ1) is 17.0. The molecule has 0 unspecified atom stereocenters. The molecule has 0 fully saturated rings. The lowest BCUT2D eigenvalue weighted by atomic mass is 10.1. The van der Waals surface area contributed by atoms with E-state index in [0.29, 0.717) is 6.54 Å². The number of carbonyl (C=O) groups is 1. The molecule has 2 aromatic carbocycles. The molecule has 3 aromatic rings. The molecule has 5 heteroatoms. The number of anilines is 1. The van der Waals surface area contributed by atoms with Crippen LogP contribution in [0, 0.1) is 0 Å². The summed E-state index contributed by atoms with van der Waals surface area (Å²) >= 11 is 0. The minimum Gasteiger partial charge on any atom is -0.443 e. The number of nitrogens with zero attached hydrogens (tertiary/aromatic N) is 1. The Morgan fingerprint density at radius 2 is 1.80 bits per heavy atom. The molecule has 0 aliphatic rings. The SMILES string of the molecule is CC(C)(C)OC(=O)n1ccc2c(CNNc3ccccc3)cccc21. The molecule has 1 aromatic heterocycles. The normalized spacial score (nSPS) is 11.5. The highest BCUT2D eigenvalue weighted by molar-refractivity contribution is 5.91. The lowest BCUT2D eigenvalue weighted by molar-refractivity contribution is 0.0544. The van der Waals surface area contributed by atoms with Gasteiger partial charge in [0.25, 0.3) is 0 Å². The molecule has 25 heavy (non-hydrogen) atoms. The molecule has 2 N–H and O–H groups in total. The molecule has 0 spiro atoms. The van der Waals surface area contributed by atoms with Gasteiger partial charge in [-0.15, -0.1) is 0 Å². The molecule has 0 saturated carbocycles. The number of carbonyl (C=O) groups excluding carboxylic acids is 1. The summed E-state index contributed by atoms with van der Waals surface area (Å²) in [4.78, 5) is 12.4. The Labute approximate surface area is 147 Å². The summed E-state index contributed by atoms with van der Waals surface area (Å²) in [5.41, 5.74) is 8.80. The monoisotopic (exact) mass is 337 g/mol. The molecule has 0 saturated heterocycles. The first-order valence-corrected chi connectivity index (χ1v) is 8.30. The molecule has 0 bridgehead atoms. The van der Waals surface area contributed by atoms with E-state index in [1.807, 2.05) is 75.4 Å². The van der Waals surface area contributed by atoms with Crippen LogP contribution in [-0.4, -0.2) is 16.3 Å². The highest BCUT2D eigenvalue weighted by Crippen LogP contribution is 2.22. The summed E-state index contributed by atoms with van der Waals surface area (Å²) in [6.07, 6.45) is 1.39. The number of hydrogen-bond donors (Lipinski definition) is 2. The number of hydrazine groups is 1. The van der Waals surface area contributed by atoms with E-state index in [1.54, 1.807) is 10.8 Å². The predicted octanol–water partition coefficient (Wildman–Crippen LogP) is 4.54. The van der Waals surface area contributed by atoms with Crippen LogP contribution in [0.2, 0.25) is 0 Å². The third kappa shape index (κ3) is 4.19. The van der Waals surface area contributed by atoms with E-state index in [2.05, 4.69) is 10.9 Å². The molecule has 0 aliphatic heterocycles. The van der Waals surface area contributed by atoms with Gasteiger partial charge in [0.2, 0.25) is 0 Å². The van der Waals surface area contributed by atoms with E-state index < -0.39 is 5.60 Å². The van der Waals surface area contributed by atoms with Gasteiger partial charge < -0.3 is 10.2 Å². The lowest BCUT2D eigenvalue weighted by Crippen LogP contribution is -2.26. The van der Waals surface area contributed by atoms with Gasteiger partial charge in [-0.2, -0.15) is 0 Å². The van der Waals surface area contributed by atoms with E-state index in [1.165, 1.54) is 0 Å². The second kappa shape index (κ2) is 6.99. The molecule has 0 radical (unpaired) electrons. The zero-order valence-electron chi connectivity index (χ0n) is 14.7. The minimum absolute atomic E-state index is 0.366. The molecule has 3 rings (SSSR count). The van der Waals surface area contributed by atoms with Crippen LogP contribution in [0.4, 0.5) is 10.5 Å². The largest absolute Gasteiger partial charge is 0.443 e. The first-order chi connectivity index (χ1) is 11.9. The molecule has 1 heterocycles. The summed E-state index contributed by atoms with van der Waals surface area (Å²) < 4.78 is 7.02. The second-order valence-electron chi connectivity index (χ2n) is 6.86. The van der Waals surface area contributed by atoms with Gasteiger partial charge in [-0.05, 0) is 50.6 Å². The fraction of sp³-hybridized carbons (Fsp3) is 0.250. The fourth-order valence-electron chi connectivity index (χ4n) is 2.62. The van der Waals surface area contributed by atoms with E-state index in [4.69, 9.17) is 4.74 Å². The Morgan fingerprint density at radius 3 is 2.52 bits per heavy atom. The second-order valence-corrected chi connectivity index (χ2v) is 6.86. The van der Waals surface area contributed by atoms with Crippen molar-refractivity contribution in [1.82, 2.24) is 9.99 Å². The predicted molar refractivity (Wildman–Crippen MR) is 100 cm³/mol. The average molecular weight is 337 g/mol. The highest BCUT2D eigenvalue weighted by atomic mass is 16.6. The van der Waals surface area contributed by atoms with Crippen molar-refractivity contribution in [1.29, 1.82) is 0 Å². The lowest BCUT2D eigenvalue weighted by Gasteiger charge is -2.19. The maximum atomic E-state index is 12.4. The van der Waals surface area contributed by atoms with Crippen LogP contribution in [0.5, 0.6) is 0 Å². The number of para-hydroxylation sites is 1. The highest BCUT2D eigenvalue weighted by Gasteiger charge is 2.19. The average Bonchev–Trinajstić information content (AvgIpc) is 2.99. The van der Waals surface area contributed by atoms with Crippen molar-refractivity contribution in [3.05, 3.63) is 66.4 Å². The van der Waals surface area contributed by atoms with Gasteiger partial charge in [-0.3, -0.25) is 4.57 Å². The summed E-state index contributed by atoms with van der Waals surface area (Å²) in [6, 6.07) is 17.8.